The molecule has 0 fully saturated rings. The Morgan fingerprint density at radius 1 is 1.11 bits per heavy atom. The molecule has 1 aromatic carbocycles. The van der Waals surface area contributed by atoms with Crippen molar-refractivity contribution in [1.29, 1.82) is 0 Å². The van der Waals surface area contributed by atoms with Crippen molar-refractivity contribution >= 4 is 5.57 Å². The van der Waals surface area contributed by atoms with E-state index in [1.165, 1.54) is 5.57 Å². The molecule has 3 nitrogen and oxygen atoms in total. The lowest BCUT2D eigenvalue weighted by molar-refractivity contribution is 0.211. The second-order valence-corrected chi connectivity index (χ2v) is 4.97. The van der Waals surface area contributed by atoms with Gasteiger partial charge in [-0.3, -0.25) is 0 Å². The summed E-state index contributed by atoms with van der Waals surface area (Å²) in [6, 6.07) is 12.1. The minimum Gasteiger partial charge on any atom is -0.389 e. The van der Waals surface area contributed by atoms with Crippen LogP contribution in [-0.2, 0) is 0 Å². The van der Waals surface area contributed by atoms with Crippen LogP contribution in [0.3, 0.4) is 0 Å². The number of aromatic nitrogens is 2. The van der Waals surface area contributed by atoms with Crippen LogP contribution < -0.4 is 0 Å². The van der Waals surface area contributed by atoms with E-state index in [-0.39, 0.29) is 6.10 Å². The molecule has 19 heavy (non-hydrogen) atoms. The molecule has 0 spiro atoms. The molecule has 98 valence electrons. The molecule has 0 saturated carbocycles. The maximum absolute atomic E-state index is 9.91. The number of para-hydroxylation sites is 1. The van der Waals surface area contributed by atoms with Crippen molar-refractivity contribution in [2.24, 2.45) is 0 Å². The van der Waals surface area contributed by atoms with E-state index < -0.39 is 0 Å². The van der Waals surface area contributed by atoms with Gasteiger partial charge in [0.05, 0.1) is 23.7 Å². The van der Waals surface area contributed by atoms with E-state index in [1.54, 1.807) is 0 Å². The van der Waals surface area contributed by atoms with E-state index in [0.717, 1.165) is 37.1 Å². The molecule has 0 aliphatic heterocycles. The second-order valence-electron chi connectivity index (χ2n) is 4.97. The van der Waals surface area contributed by atoms with E-state index in [4.69, 9.17) is 0 Å². The minimum atomic E-state index is -0.323. The first kappa shape index (κ1) is 12.2. The van der Waals surface area contributed by atoms with E-state index in [9.17, 15) is 5.11 Å². The number of aliphatic hydroxyl groups is 1. The Morgan fingerprint density at radius 2 is 1.95 bits per heavy atom. The Labute approximate surface area is 113 Å². The highest BCUT2D eigenvalue weighted by atomic mass is 16.3. The number of nitrogens with zero attached hydrogens (tertiary/aromatic N) is 2. The molecule has 0 amide bonds. The van der Waals surface area contributed by atoms with E-state index in [2.05, 4.69) is 5.10 Å². The summed E-state index contributed by atoms with van der Waals surface area (Å²) in [6.45, 7) is 0. The quantitative estimate of drug-likeness (QED) is 0.893. The highest BCUT2D eigenvalue weighted by Gasteiger charge is 2.14. The van der Waals surface area contributed by atoms with Crippen molar-refractivity contribution in [3.63, 3.8) is 0 Å². The molecule has 0 saturated heterocycles. The fraction of sp³-hybridized carbons (Fsp3) is 0.312. The molecule has 3 heteroatoms. The van der Waals surface area contributed by atoms with Crippen molar-refractivity contribution < 1.29 is 5.11 Å². The zero-order valence-corrected chi connectivity index (χ0v) is 10.9. The van der Waals surface area contributed by atoms with Gasteiger partial charge < -0.3 is 5.11 Å². The summed E-state index contributed by atoms with van der Waals surface area (Å²) in [4.78, 5) is 0. The predicted molar refractivity (Wildman–Crippen MR) is 76.0 cm³/mol. The molecule has 1 N–H and O–H groups in total. The van der Waals surface area contributed by atoms with Gasteiger partial charge in [0.2, 0.25) is 0 Å². The van der Waals surface area contributed by atoms with Crippen LogP contribution in [0.15, 0.2) is 48.7 Å². The van der Waals surface area contributed by atoms with Crippen molar-refractivity contribution in [3.05, 3.63) is 54.4 Å². The summed E-state index contributed by atoms with van der Waals surface area (Å²) < 4.78 is 1.95. The van der Waals surface area contributed by atoms with Crippen molar-refractivity contribution in [2.45, 2.75) is 31.8 Å². The third-order valence-electron chi connectivity index (χ3n) is 3.56. The maximum atomic E-state index is 9.91. The Kier molecular flexibility index (Phi) is 3.47. The molecule has 1 unspecified atom stereocenters. The first-order valence-corrected chi connectivity index (χ1v) is 6.83. The van der Waals surface area contributed by atoms with Crippen molar-refractivity contribution in [2.75, 3.05) is 0 Å². The van der Waals surface area contributed by atoms with Crippen LogP contribution in [0.1, 0.15) is 31.4 Å². The van der Waals surface area contributed by atoms with E-state index >= 15 is 0 Å². The number of benzene rings is 1. The summed E-state index contributed by atoms with van der Waals surface area (Å²) in [5, 5.41) is 14.3. The molecule has 1 aliphatic carbocycles. The molecular weight excluding hydrogens is 236 g/mol. The molecule has 0 bridgehead atoms. The van der Waals surface area contributed by atoms with Gasteiger partial charge in [-0.05, 0) is 43.0 Å². The lowest BCUT2D eigenvalue weighted by Gasteiger charge is -2.10. The monoisotopic (exact) mass is 254 g/mol. The van der Waals surface area contributed by atoms with Gasteiger partial charge in [0.1, 0.15) is 0 Å². The Balaban J connectivity index is 2.00. The summed E-state index contributed by atoms with van der Waals surface area (Å²) in [7, 11) is 0. The van der Waals surface area contributed by atoms with Crippen molar-refractivity contribution in [3.8, 4) is 5.69 Å². The smallest absolute Gasteiger partial charge is 0.0727 e. The Bertz CT molecular complexity index is 571. The second kappa shape index (κ2) is 5.41. The average Bonchev–Trinajstić information content (AvgIpc) is 2.83. The largest absolute Gasteiger partial charge is 0.389 e. The van der Waals surface area contributed by atoms with Crippen LogP contribution in [0.2, 0.25) is 0 Å². The predicted octanol–water partition coefficient (Wildman–Crippen LogP) is 3.19. The van der Waals surface area contributed by atoms with Gasteiger partial charge in [-0.2, -0.15) is 5.10 Å². The van der Waals surface area contributed by atoms with Gasteiger partial charge in [-0.15, -0.1) is 0 Å². The van der Waals surface area contributed by atoms with Crippen LogP contribution in [0, 0.1) is 0 Å². The molecule has 1 heterocycles. The zero-order valence-electron chi connectivity index (χ0n) is 10.9. The van der Waals surface area contributed by atoms with Crippen LogP contribution in [0.5, 0.6) is 0 Å². The summed E-state index contributed by atoms with van der Waals surface area (Å²) in [5.41, 5.74) is 3.35. The first-order chi connectivity index (χ1) is 9.34. The third kappa shape index (κ3) is 2.61. The first-order valence-electron chi connectivity index (χ1n) is 6.83. The number of aliphatic hydroxyl groups excluding tert-OH is 1. The molecule has 0 radical (unpaired) electrons. The lowest BCUT2D eigenvalue weighted by atomic mass is 10.1. The standard InChI is InChI=1S/C16H18N2O/c19-15-9-5-4-6-13(12-15)16-10-11-17-18(16)14-7-2-1-3-8-14/h1-3,7-8,10-12,15,19H,4-6,9H2. The number of rotatable bonds is 2. The molecular formula is C16H18N2O. The number of hydrogen-bond donors (Lipinski definition) is 1. The fourth-order valence-corrected chi connectivity index (χ4v) is 2.60. The number of allylic oxidation sites excluding steroid dienone is 1. The van der Waals surface area contributed by atoms with Gasteiger partial charge in [0, 0.05) is 0 Å². The SMILES string of the molecule is OC1C=C(c2ccnn2-c2ccccc2)CCCC1. The molecule has 1 atom stereocenters. The number of hydrogen-bond acceptors (Lipinski definition) is 2. The van der Waals surface area contributed by atoms with Crippen LogP contribution in [0.4, 0.5) is 0 Å². The average molecular weight is 254 g/mol. The van der Waals surface area contributed by atoms with Gasteiger partial charge in [0.25, 0.3) is 0 Å². The fourth-order valence-electron chi connectivity index (χ4n) is 2.60. The topological polar surface area (TPSA) is 38.1 Å². The van der Waals surface area contributed by atoms with Gasteiger partial charge in [0.15, 0.2) is 0 Å². The summed E-state index contributed by atoms with van der Waals surface area (Å²) >= 11 is 0. The van der Waals surface area contributed by atoms with Gasteiger partial charge >= 0.3 is 0 Å². The highest BCUT2D eigenvalue weighted by Crippen LogP contribution is 2.27. The zero-order chi connectivity index (χ0) is 13.1. The minimum absolute atomic E-state index is 0.323. The van der Waals surface area contributed by atoms with Crippen LogP contribution in [0.25, 0.3) is 11.3 Å². The molecule has 1 aliphatic rings. The molecule has 3 rings (SSSR count). The van der Waals surface area contributed by atoms with Crippen LogP contribution in [-0.4, -0.2) is 21.0 Å². The lowest BCUT2D eigenvalue weighted by Crippen LogP contribution is -2.04. The Morgan fingerprint density at radius 3 is 2.79 bits per heavy atom. The van der Waals surface area contributed by atoms with Gasteiger partial charge in [-0.25, -0.2) is 4.68 Å². The van der Waals surface area contributed by atoms with Crippen LogP contribution >= 0.6 is 0 Å². The maximum Gasteiger partial charge on any atom is 0.0727 e. The molecule has 2 aromatic rings. The molecule has 1 aromatic heterocycles. The van der Waals surface area contributed by atoms with Gasteiger partial charge in [-0.1, -0.05) is 30.7 Å². The third-order valence-corrected chi connectivity index (χ3v) is 3.56. The highest BCUT2D eigenvalue weighted by molar-refractivity contribution is 5.65. The Hall–Kier alpha value is -1.87. The van der Waals surface area contributed by atoms with E-state index in [1.807, 2.05) is 53.4 Å². The summed E-state index contributed by atoms with van der Waals surface area (Å²) in [5.74, 6) is 0. The van der Waals surface area contributed by atoms with E-state index in [0.29, 0.717) is 0 Å². The summed E-state index contributed by atoms with van der Waals surface area (Å²) in [6.07, 6.45) is 7.57. The van der Waals surface area contributed by atoms with Crippen molar-refractivity contribution in [1.82, 2.24) is 9.78 Å². The normalized spacial score (nSPS) is 19.8.